The predicted molar refractivity (Wildman–Crippen MR) is 67.9 cm³/mol. The number of carbonyl (C=O) groups is 2. The van der Waals surface area contributed by atoms with Crippen LogP contribution in [0, 0.1) is 0 Å². The highest BCUT2D eigenvalue weighted by Gasteiger charge is 2.21. The van der Waals surface area contributed by atoms with Crippen LogP contribution >= 0.6 is 0 Å². The number of esters is 1. The number of hydrogen-bond donors (Lipinski definition) is 2. The summed E-state index contributed by atoms with van der Waals surface area (Å²) in [7, 11) is 0. The highest BCUT2D eigenvalue weighted by Crippen LogP contribution is 2.07. The topological polar surface area (TPSA) is 84.7 Å². The molecule has 6 nitrogen and oxygen atoms in total. The van der Waals surface area contributed by atoms with Gasteiger partial charge in [0.25, 0.3) is 0 Å². The van der Waals surface area contributed by atoms with E-state index in [9.17, 15) is 9.59 Å². The average molecular weight is 257 g/mol. The van der Waals surface area contributed by atoms with Crippen molar-refractivity contribution < 1.29 is 14.3 Å². The van der Waals surface area contributed by atoms with Crippen LogP contribution in [0.15, 0.2) is 0 Å². The molecule has 0 saturated carbocycles. The molecule has 0 bridgehead atoms. The molecule has 6 heteroatoms. The van der Waals surface area contributed by atoms with Gasteiger partial charge in [-0.2, -0.15) is 0 Å². The molecule has 1 heterocycles. The Kier molecular flexibility index (Phi) is 6.07. The number of nitrogens with one attached hydrogen (secondary N) is 1. The lowest BCUT2D eigenvalue weighted by Gasteiger charge is -2.29. The van der Waals surface area contributed by atoms with Gasteiger partial charge in [0.05, 0.1) is 13.2 Å². The van der Waals surface area contributed by atoms with Crippen LogP contribution < -0.4 is 11.1 Å². The Bertz CT molecular complexity index is 288. The molecule has 1 atom stereocenters. The first-order chi connectivity index (χ1) is 8.52. The number of ether oxygens (including phenoxy) is 1. The monoisotopic (exact) mass is 257 g/mol. The zero-order valence-electron chi connectivity index (χ0n) is 11.1. The Hall–Kier alpha value is -1.14. The van der Waals surface area contributed by atoms with Crippen molar-refractivity contribution in [2.75, 3.05) is 26.2 Å². The molecule has 1 rings (SSSR count). The van der Waals surface area contributed by atoms with Gasteiger partial charge in [0.15, 0.2) is 0 Å². The van der Waals surface area contributed by atoms with Crippen LogP contribution in [0.1, 0.15) is 26.7 Å². The quantitative estimate of drug-likeness (QED) is 0.647. The highest BCUT2D eigenvalue weighted by molar-refractivity contribution is 5.85. The minimum Gasteiger partial charge on any atom is -0.464 e. The number of carbonyl (C=O) groups excluding carboxylic acids is 2. The summed E-state index contributed by atoms with van der Waals surface area (Å²) in [5.74, 6) is -0.544. The molecule has 1 amide bonds. The van der Waals surface area contributed by atoms with Crippen molar-refractivity contribution in [3.63, 3.8) is 0 Å². The zero-order chi connectivity index (χ0) is 13.5. The fraction of sp³-hybridized carbons (Fsp3) is 0.833. The largest absolute Gasteiger partial charge is 0.464 e. The zero-order valence-corrected chi connectivity index (χ0v) is 11.1. The standard InChI is InChI=1S/C12H23N3O3/c1-3-18-12(17)9(2)14-11(16)8-15-6-4-10(13)5-7-15/h9-10H,3-8,13H2,1-2H3,(H,14,16). The molecule has 1 unspecified atom stereocenters. The highest BCUT2D eigenvalue weighted by atomic mass is 16.5. The lowest BCUT2D eigenvalue weighted by Crippen LogP contribution is -2.47. The molecule has 1 fully saturated rings. The summed E-state index contributed by atoms with van der Waals surface area (Å²) in [6.07, 6.45) is 1.83. The number of hydrogen-bond acceptors (Lipinski definition) is 5. The Balaban J connectivity index is 2.26. The summed E-state index contributed by atoms with van der Waals surface area (Å²) in [5, 5.41) is 2.64. The van der Waals surface area contributed by atoms with Gasteiger partial charge in [0, 0.05) is 19.1 Å². The molecule has 104 valence electrons. The van der Waals surface area contributed by atoms with Crippen molar-refractivity contribution in [1.29, 1.82) is 0 Å². The first kappa shape index (κ1) is 14.9. The van der Waals surface area contributed by atoms with Crippen molar-refractivity contribution in [2.45, 2.75) is 38.8 Å². The van der Waals surface area contributed by atoms with E-state index in [1.807, 2.05) is 0 Å². The molecule has 0 aliphatic carbocycles. The molecule has 0 aromatic heterocycles. The van der Waals surface area contributed by atoms with E-state index in [2.05, 4.69) is 10.2 Å². The maximum Gasteiger partial charge on any atom is 0.328 e. The van der Waals surface area contributed by atoms with E-state index in [0.717, 1.165) is 25.9 Å². The molecule has 0 aromatic rings. The van der Waals surface area contributed by atoms with E-state index in [4.69, 9.17) is 10.5 Å². The number of nitrogens with zero attached hydrogens (tertiary/aromatic N) is 1. The van der Waals surface area contributed by atoms with E-state index in [0.29, 0.717) is 13.2 Å². The molecule has 1 saturated heterocycles. The van der Waals surface area contributed by atoms with Gasteiger partial charge in [-0.15, -0.1) is 0 Å². The van der Waals surface area contributed by atoms with Crippen LogP contribution in [0.3, 0.4) is 0 Å². The lowest BCUT2D eigenvalue weighted by atomic mass is 10.1. The summed E-state index contributed by atoms with van der Waals surface area (Å²) < 4.78 is 4.82. The second-order valence-electron chi connectivity index (χ2n) is 4.65. The SMILES string of the molecule is CCOC(=O)C(C)NC(=O)CN1CCC(N)CC1. The summed E-state index contributed by atoms with van der Waals surface area (Å²) in [5.41, 5.74) is 5.79. The minimum absolute atomic E-state index is 0.147. The van der Waals surface area contributed by atoms with Crippen LogP contribution in [0.2, 0.25) is 0 Å². The van der Waals surface area contributed by atoms with Gasteiger partial charge in [-0.25, -0.2) is 4.79 Å². The third-order valence-corrected chi connectivity index (χ3v) is 3.02. The third-order valence-electron chi connectivity index (χ3n) is 3.02. The van der Waals surface area contributed by atoms with Crippen molar-refractivity contribution in [2.24, 2.45) is 5.73 Å². The van der Waals surface area contributed by atoms with E-state index in [1.165, 1.54) is 0 Å². The summed E-state index contributed by atoms with van der Waals surface area (Å²) in [6, 6.07) is -0.340. The molecule has 0 radical (unpaired) electrons. The molecular weight excluding hydrogens is 234 g/mol. The Labute approximate surface area is 108 Å². The van der Waals surface area contributed by atoms with Crippen LogP contribution in [0.25, 0.3) is 0 Å². The molecule has 18 heavy (non-hydrogen) atoms. The summed E-state index contributed by atoms with van der Waals surface area (Å²) in [6.45, 7) is 5.68. The van der Waals surface area contributed by atoms with Crippen molar-refractivity contribution in [3.05, 3.63) is 0 Å². The predicted octanol–water partition coefficient (Wildman–Crippen LogP) is -0.523. The Morgan fingerprint density at radius 3 is 2.61 bits per heavy atom. The van der Waals surface area contributed by atoms with E-state index >= 15 is 0 Å². The van der Waals surface area contributed by atoms with E-state index in [1.54, 1.807) is 13.8 Å². The van der Waals surface area contributed by atoms with Crippen LogP contribution in [0.5, 0.6) is 0 Å². The lowest BCUT2D eigenvalue weighted by molar-refractivity contribution is -0.147. The number of piperidine rings is 1. The summed E-state index contributed by atoms with van der Waals surface area (Å²) >= 11 is 0. The smallest absolute Gasteiger partial charge is 0.328 e. The average Bonchev–Trinajstić information content (AvgIpc) is 2.32. The molecule has 0 aromatic carbocycles. The number of nitrogens with two attached hydrogens (primary N) is 1. The van der Waals surface area contributed by atoms with Crippen LogP contribution in [-0.2, 0) is 14.3 Å². The maximum absolute atomic E-state index is 11.7. The number of amides is 1. The van der Waals surface area contributed by atoms with Gasteiger partial charge in [0.2, 0.25) is 5.91 Å². The number of rotatable bonds is 5. The van der Waals surface area contributed by atoms with Gasteiger partial charge in [-0.05, 0) is 26.7 Å². The molecular formula is C12H23N3O3. The van der Waals surface area contributed by atoms with E-state index < -0.39 is 12.0 Å². The normalized spacial score (nSPS) is 19.3. The van der Waals surface area contributed by atoms with Gasteiger partial charge in [0.1, 0.15) is 6.04 Å². The second kappa shape index (κ2) is 7.33. The first-order valence-electron chi connectivity index (χ1n) is 6.46. The molecule has 1 aliphatic heterocycles. The van der Waals surface area contributed by atoms with E-state index in [-0.39, 0.29) is 11.9 Å². The van der Waals surface area contributed by atoms with Gasteiger partial charge < -0.3 is 15.8 Å². The van der Waals surface area contributed by atoms with Crippen molar-refractivity contribution in [3.8, 4) is 0 Å². The van der Waals surface area contributed by atoms with Crippen LogP contribution in [0.4, 0.5) is 0 Å². The molecule has 3 N–H and O–H groups in total. The summed E-state index contributed by atoms with van der Waals surface area (Å²) in [4.78, 5) is 25.1. The maximum atomic E-state index is 11.7. The Morgan fingerprint density at radius 1 is 1.44 bits per heavy atom. The fourth-order valence-corrected chi connectivity index (χ4v) is 1.93. The fourth-order valence-electron chi connectivity index (χ4n) is 1.93. The number of likely N-dealkylation sites (tertiary alicyclic amines) is 1. The van der Waals surface area contributed by atoms with Crippen molar-refractivity contribution in [1.82, 2.24) is 10.2 Å². The first-order valence-corrected chi connectivity index (χ1v) is 6.46. The van der Waals surface area contributed by atoms with Gasteiger partial charge in [-0.1, -0.05) is 0 Å². The molecule has 1 aliphatic rings. The second-order valence-corrected chi connectivity index (χ2v) is 4.65. The Morgan fingerprint density at radius 2 is 2.06 bits per heavy atom. The molecule has 0 spiro atoms. The van der Waals surface area contributed by atoms with Crippen molar-refractivity contribution >= 4 is 11.9 Å². The van der Waals surface area contributed by atoms with Gasteiger partial charge in [-0.3, -0.25) is 9.69 Å². The van der Waals surface area contributed by atoms with Gasteiger partial charge >= 0.3 is 5.97 Å². The van der Waals surface area contributed by atoms with Crippen LogP contribution in [-0.4, -0.2) is 55.1 Å². The third kappa shape index (κ3) is 5.01. The minimum atomic E-state index is -0.593.